The first kappa shape index (κ1) is 17.4. The second kappa shape index (κ2) is 8.05. The molecule has 0 fully saturated rings. The molecule has 0 spiro atoms. The summed E-state index contributed by atoms with van der Waals surface area (Å²) < 4.78 is 25.9. The Kier molecular flexibility index (Phi) is 5.83. The predicted octanol–water partition coefficient (Wildman–Crippen LogP) is 2.35. The number of carbonyl (C=O) groups excluding carboxylic acids is 2. The smallest absolute Gasteiger partial charge is 0.333 e. The van der Waals surface area contributed by atoms with E-state index in [0.717, 1.165) is 5.56 Å². The topological polar surface area (TPSA) is 70.2 Å². The Hall–Kier alpha value is -2.96. The molecule has 2 rings (SSSR count). The highest BCUT2D eigenvalue weighted by atomic mass is 19.1. The average Bonchev–Trinajstić information content (AvgIpc) is 2.56. The van der Waals surface area contributed by atoms with Gasteiger partial charge in [0.1, 0.15) is 11.6 Å². The number of hydrazine groups is 1. The van der Waals surface area contributed by atoms with E-state index in [4.69, 9.17) is 0 Å². The summed E-state index contributed by atoms with van der Waals surface area (Å²) in [5, 5.41) is 2.54. The fourth-order valence-electron chi connectivity index (χ4n) is 2.00. The zero-order valence-corrected chi connectivity index (χ0v) is 13.0. The Morgan fingerprint density at radius 2 is 1.62 bits per heavy atom. The van der Waals surface area contributed by atoms with Gasteiger partial charge in [-0.05, 0) is 41.8 Å². The molecule has 126 valence electrons. The number of benzene rings is 2. The van der Waals surface area contributed by atoms with Crippen molar-refractivity contribution >= 4 is 11.9 Å². The van der Waals surface area contributed by atoms with Crippen molar-refractivity contribution in [1.29, 1.82) is 0 Å². The second-order valence-electron chi connectivity index (χ2n) is 5.24. The minimum absolute atomic E-state index is 0.0116. The number of rotatable bonds is 4. The van der Waals surface area contributed by atoms with E-state index in [-0.39, 0.29) is 24.6 Å². The maximum atomic E-state index is 13.1. The van der Waals surface area contributed by atoms with Crippen LogP contribution in [0.15, 0.2) is 42.5 Å². The molecule has 0 radical (unpaired) electrons. The van der Waals surface area contributed by atoms with Gasteiger partial charge in [0, 0.05) is 6.54 Å². The molecule has 3 N–H and O–H groups in total. The van der Waals surface area contributed by atoms with Crippen molar-refractivity contribution in [2.45, 2.75) is 19.9 Å². The largest absolute Gasteiger partial charge is 0.333 e. The highest BCUT2D eigenvalue weighted by Crippen LogP contribution is 2.08. The zero-order valence-electron chi connectivity index (χ0n) is 13.0. The normalized spacial score (nSPS) is 10.1. The lowest BCUT2D eigenvalue weighted by Gasteiger charge is -2.09. The maximum absolute atomic E-state index is 13.1. The third-order valence-electron chi connectivity index (χ3n) is 3.27. The van der Waals surface area contributed by atoms with Gasteiger partial charge in [-0.25, -0.2) is 19.0 Å². The Morgan fingerprint density at radius 1 is 0.958 bits per heavy atom. The summed E-state index contributed by atoms with van der Waals surface area (Å²) in [5.41, 5.74) is 6.31. The molecular weight excluding hydrogens is 316 g/mol. The minimum atomic E-state index is -0.593. The highest BCUT2D eigenvalue weighted by molar-refractivity contribution is 5.82. The van der Waals surface area contributed by atoms with Crippen LogP contribution < -0.4 is 16.2 Å². The van der Waals surface area contributed by atoms with Crippen LogP contribution in [0.1, 0.15) is 16.7 Å². The van der Waals surface area contributed by atoms with Gasteiger partial charge in [-0.1, -0.05) is 24.3 Å². The number of urea groups is 1. The number of halogens is 2. The molecular formula is C17H17F2N3O2. The summed E-state index contributed by atoms with van der Waals surface area (Å²) in [6.07, 6.45) is 0.0116. The van der Waals surface area contributed by atoms with E-state index < -0.39 is 11.9 Å². The van der Waals surface area contributed by atoms with Gasteiger partial charge in [0.15, 0.2) is 0 Å². The van der Waals surface area contributed by atoms with Gasteiger partial charge in [-0.15, -0.1) is 0 Å². The van der Waals surface area contributed by atoms with Gasteiger partial charge in [0.05, 0.1) is 6.42 Å². The van der Waals surface area contributed by atoms with E-state index in [2.05, 4.69) is 16.2 Å². The Bertz CT molecular complexity index is 733. The molecule has 24 heavy (non-hydrogen) atoms. The monoisotopic (exact) mass is 333 g/mol. The van der Waals surface area contributed by atoms with Crippen molar-refractivity contribution in [2.24, 2.45) is 0 Å². The van der Waals surface area contributed by atoms with E-state index in [0.29, 0.717) is 11.1 Å². The van der Waals surface area contributed by atoms with Gasteiger partial charge in [0.2, 0.25) is 5.91 Å². The summed E-state index contributed by atoms with van der Waals surface area (Å²) in [5.74, 6) is -1.13. The molecule has 5 nitrogen and oxygen atoms in total. The predicted molar refractivity (Wildman–Crippen MR) is 84.8 cm³/mol. The fourth-order valence-corrected chi connectivity index (χ4v) is 2.00. The zero-order chi connectivity index (χ0) is 17.5. The van der Waals surface area contributed by atoms with Gasteiger partial charge >= 0.3 is 6.03 Å². The van der Waals surface area contributed by atoms with Crippen molar-refractivity contribution < 1.29 is 18.4 Å². The van der Waals surface area contributed by atoms with Crippen LogP contribution in [-0.4, -0.2) is 11.9 Å². The van der Waals surface area contributed by atoms with Crippen LogP contribution in [0.25, 0.3) is 0 Å². The summed E-state index contributed by atoms with van der Waals surface area (Å²) in [4.78, 5) is 23.3. The average molecular weight is 333 g/mol. The minimum Gasteiger partial charge on any atom is -0.333 e. The maximum Gasteiger partial charge on any atom is 0.333 e. The van der Waals surface area contributed by atoms with E-state index in [1.165, 1.54) is 30.3 Å². The molecule has 2 aromatic rings. The molecule has 0 heterocycles. The first-order valence-electron chi connectivity index (χ1n) is 7.26. The van der Waals surface area contributed by atoms with Crippen LogP contribution in [0.3, 0.4) is 0 Å². The highest BCUT2D eigenvalue weighted by Gasteiger charge is 2.06. The first-order valence-corrected chi connectivity index (χ1v) is 7.26. The third-order valence-corrected chi connectivity index (χ3v) is 3.27. The number of hydrogen-bond donors (Lipinski definition) is 3. The van der Waals surface area contributed by atoms with Crippen LogP contribution in [0.4, 0.5) is 13.6 Å². The van der Waals surface area contributed by atoms with E-state index >= 15 is 0 Å². The Labute approximate surface area is 138 Å². The number of amides is 3. The van der Waals surface area contributed by atoms with E-state index in [1.54, 1.807) is 19.1 Å². The Balaban J connectivity index is 1.73. The van der Waals surface area contributed by atoms with Crippen molar-refractivity contribution in [3.8, 4) is 0 Å². The molecule has 0 aliphatic rings. The van der Waals surface area contributed by atoms with Gasteiger partial charge < -0.3 is 5.32 Å². The SMILES string of the molecule is Cc1cc(CNC(=O)NNC(=O)Cc2ccc(F)cc2)ccc1F. The standard InChI is InChI=1S/C17H17F2N3O2/c1-11-8-13(4-7-15(11)19)10-20-17(24)22-21-16(23)9-12-2-5-14(18)6-3-12/h2-8H,9-10H2,1H3,(H,21,23)(H2,20,22,24). The Morgan fingerprint density at radius 3 is 2.29 bits per heavy atom. The van der Waals surface area contributed by atoms with E-state index in [1.807, 2.05) is 0 Å². The van der Waals surface area contributed by atoms with Crippen LogP contribution in [0, 0.1) is 18.6 Å². The number of carbonyl (C=O) groups is 2. The van der Waals surface area contributed by atoms with E-state index in [9.17, 15) is 18.4 Å². The molecule has 0 saturated heterocycles. The van der Waals surface area contributed by atoms with Crippen molar-refractivity contribution in [3.63, 3.8) is 0 Å². The second-order valence-corrected chi connectivity index (χ2v) is 5.24. The molecule has 3 amide bonds. The van der Waals surface area contributed by atoms with Crippen molar-refractivity contribution in [2.75, 3.05) is 0 Å². The number of aryl methyl sites for hydroxylation is 1. The lowest BCUT2D eigenvalue weighted by atomic mass is 10.1. The first-order chi connectivity index (χ1) is 11.4. The molecule has 7 heteroatoms. The van der Waals surface area contributed by atoms with Crippen LogP contribution >= 0.6 is 0 Å². The van der Waals surface area contributed by atoms with Crippen LogP contribution in [0.5, 0.6) is 0 Å². The summed E-state index contributed by atoms with van der Waals surface area (Å²) in [7, 11) is 0. The summed E-state index contributed by atoms with van der Waals surface area (Å²) >= 11 is 0. The van der Waals surface area contributed by atoms with Crippen LogP contribution in [0.2, 0.25) is 0 Å². The molecule has 0 aliphatic heterocycles. The van der Waals surface area contributed by atoms with Gasteiger partial charge in [0.25, 0.3) is 0 Å². The molecule has 0 aliphatic carbocycles. The van der Waals surface area contributed by atoms with Crippen molar-refractivity contribution in [3.05, 3.63) is 70.8 Å². The lowest BCUT2D eigenvalue weighted by molar-refractivity contribution is -0.121. The molecule has 0 unspecified atom stereocenters. The van der Waals surface area contributed by atoms with Gasteiger partial charge in [-0.3, -0.25) is 10.2 Å². The number of nitrogens with one attached hydrogen (secondary N) is 3. The molecule has 0 bridgehead atoms. The molecule has 0 aromatic heterocycles. The van der Waals surface area contributed by atoms with Crippen LogP contribution in [-0.2, 0) is 17.8 Å². The molecule has 0 saturated carbocycles. The fraction of sp³-hybridized carbons (Fsp3) is 0.176. The molecule has 2 aromatic carbocycles. The quantitative estimate of drug-likeness (QED) is 0.752. The van der Waals surface area contributed by atoms with Crippen molar-refractivity contribution in [1.82, 2.24) is 16.2 Å². The third kappa shape index (κ3) is 5.35. The molecule has 0 atom stereocenters. The van der Waals surface area contributed by atoms with Gasteiger partial charge in [-0.2, -0.15) is 0 Å². The summed E-state index contributed by atoms with van der Waals surface area (Å²) in [6.45, 7) is 1.83. The lowest BCUT2D eigenvalue weighted by Crippen LogP contribution is -2.47. The number of hydrogen-bond acceptors (Lipinski definition) is 2. The summed E-state index contributed by atoms with van der Waals surface area (Å²) in [6, 6.07) is 9.43.